The van der Waals surface area contributed by atoms with Gasteiger partial charge in [-0.25, -0.2) is 0 Å². The van der Waals surface area contributed by atoms with Crippen molar-refractivity contribution in [2.75, 3.05) is 0 Å². The maximum atomic E-state index is 12.6. The molecule has 106 valence electrons. The molecule has 0 aliphatic heterocycles. The number of H-pyrrole nitrogens is 1. The predicted molar refractivity (Wildman–Crippen MR) is 87.7 cm³/mol. The Morgan fingerprint density at radius 2 is 2.00 bits per heavy atom. The molecule has 0 bridgehead atoms. The number of aromatic amines is 1. The number of hydrogen-bond donors (Lipinski definition) is 1. The van der Waals surface area contributed by atoms with Crippen molar-refractivity contribution in [3.63, 3.8) is 0 Å². The molecule has 0 saturated heterocycles. The zero-order valence-electron chi connectivity index (χ0n) is 11.5. The molecule has 22 heavy (non-hydrogen) atoms. The quantitative estimate of drug-likeness (QED) is 0.436. The Kier molecular flexibility index (Phi) is 3.78. The fourth-order valence-electron chi connectivity index (χ4n) is 2.32. The van der Waals surface area contributed by atoms with E-state index in [9.17, 15) is 10.1 Å². The number of carbonyl (C=O) groups excluding carboxylic acids is 1. The van der Waals surface area contributed by atoms with Crippen molar-refractivity contribution in [3.8, 4) is 6.07 Å². The van der Waals surface area contributed by atoms with Gasteiger partial charge in [0.15, 0.2) is 0 Å². The van der Waals surface area contributed by atoms with Crippen molar-refractivity contribution >= 4 is 34.4 Å². The Balaban J connectivity index is 2.04. The van der Waals surface area contributed by atoms with Gasteiger partial charge in [0, 0.05) is 27.7 Å². The Labute approximate surface area is 132 Å². The number of ketones is 1. The van der Waals surface area contributed by atoms with Gasteiger partial charge >= 0.3 is 0 Å². The van der Waals surface area contributed by atoms with E-state index in [-0.39, 0.29) is 11.4 Å². The molecule has 2 aromatic carbocycles. The van der Waals surface area contributed by atoms with Crippen LogP contribution >= 0.6 is 11.6 Å². The van der Waals surface area contributed by atoms with E-state index in [1.54, 1.807) is 36.5 Å². The van der Waals surface area contributed by atoms with Crippen molar-refractivity contribution < 1.29 is 4.79 Å². The fourth-order valence-corrected chi connectivity index (χ4v) is 2.51. The highest BCUT2D eigenvalue weighted by atomic mass is 35.5. The summed E-state index contributed by atoms with van der Waals surface area (Å²) in [5.74, 6) is -0.306. The lowest BCUT2D eigenvalue weighted by Gasteiger charge is -1.99. The molecule has 0 saturated carbocycles. The standard InChI is InChI=1S/C18H11ClN2O/c19-14-5-3-4-12(9-14)8-13(10-20)18(22)16-11-21-17-7-2-1-6-15(16)17/h1-9,11,21H/b13-8+. The molecule has 0 amide bonds. The van der Waals surface area contributed by atoms with Crippen molar-refractivity contribution in [2.45, 2.75) is 0 Å². The number of rotatable bonds is 3. The monoisotopic (exact) mass is 306 g/mol. The van der Waals surface area contributed by atoms with Gasteiger partial charge in [0.2, 0.25) is 5.78 Å². The second kappa shape index (κ2) is 5.88. The van der Waals surface area contributed by atoms with Crippen molar-refractivity contribution in [1.29, 1.82) is 5.26 Å². The van der Waals surface area contributed by atoms with Gasteiger partial charge in [0.05, 0.1) is 0 Å². The fraction of sp³-hybridized carbons (Fsp3) is 0. The third-order valence-electron chi connectivity index (χ3n) is 3.36. The van der Waals surface area contributed by atoms with Crippen LogP contribution in [0.1, 0.15) is 15.9 Å². The average Bonchev–Trinajstić information content (AvgIpc) is 2.96. The number of allylic oxidation sites excluding steroid dienone is 1. The summed E-state index contributed by atoms with van der Waals surface area (Å²) in [6, 6.07) is 16.5. The van der Waals surface area contributed by atoms with Crippen molar-refractivity contribution in [3.05, 3.63) is 76.5 Å². The van der Waals surface area contributed by atoms with E-state index in [2.05, 4.69) is 4.98 Å². The molecule has 0 fully saturated rings. The number of carbonyl (C=O) groups is 1. The molecule has 0 unspecified atom stereocenters. The van der Waals surface area contributed by atoms with E-state index in [0.29, 0.717) is 10.6 Å². The average molecular weight is 307 g/mol. The summed E-state index contributed by atoms with van der Waals surface area (Å²) in [6.45, 7) is 0. The van der Waals surface area contributed by atoms with Gasteiger partial charge in [-0.1, -0.05) is 41.9 Å². The lowest BCUT2D eigenvalue weighted by atomic mass is 10.0. The topological polar surface area (TPSA) is 56.6 Å². The second-order valence-corrected chi connectivity index (χ2v) is 5.24. The molecular formula is C18H11ClN2O. The largest absolute Gasteiger partial charge is 0.360 e. The molecule has 1 heterocycles. The zero-order chi connectivity index (χ0) is 15.5. The van der Waals surface area contributed by atoms with Gasteiger partial charge in [-0.05, 0) is 29.8 Å². The SMILES string of the molecule is N#C/C(=C\c1cccc(Cl)c1)C(=O)c1c[nH]c2ccccc12. The Bertz CT molecular complexity index is 931. The second-order valence-electron chi connectivity index (χ2n) is 4.80. The number of aromatic nitrogens is 1. The summed E-state index contributed by atoms with van der Waals surface area (Å²) in [7, 11) is 0. The number of para-hydroxylation sites is 1. The van der Waals surface area contributed by atoms with E-state index in [4.69, 9.17) is 11.6 Å². The number of fused-ring (bicyclic) bond motifs is 1. The highest BCUT2D eigenvalue weighted by Crippen LogP contribution is 2.22. The van der Waals surface area contributed by atoms with E-state index < -0.39 is 0 Å². The van der Waals surface area contributed by atoms with Crippen LogP contribution in [-0.2, 0) is 0 Å². The minimum absolute atomic E-state index is 0.0759. The molecule has 1 aromatic heterocycles. The van der Waals surface area contributed by atoms with Crippen LogP contribution in [0.5, 0.6) is 0 Å². The third kappa shape index (κ3) is 2.65. The van der Waals surface area contributed by atoms with Gasteiger partial charge in [-0.2, -0.15) is 5.26 Å². The lowest BCUT2D eigenvalue weighted by molar-refractivity contribution is 0.104. The first kappa shape index (κ1) is 14.1. The molecule has 0 spiro atoms. The van der Waals surface area contributed by atoms with Gasteiger partial charge in [0.1, 0.15) is 11.6 Å². The summed E-state index contributed by atoms with van der Waals surface area (Å²) in [5, 5.41) is 10.7. The smallest absolute Gasteiger partial charge is 0.205 e. The summed E-state index contributed by atoms with van der Waals surface area (Å²) < 4.78 is 0. The number of Topliss-reactive ketones (excluding diaryl/α,β-unsaturated/α-hetero) is 1. The highest BCUT2D eigenvalue weighted by Gasteiger charge is 2.16. The summed E-state index contributed by atoms with van der Waals surface area (Å²) >= 11 is 5.93. The van der Waals surface area contributed by atoms with Crippen LogP contribution in [0.2, 0.25) is 5.02 Å². The van der Waals surface area contributed by atoms with E-state index in [1.165, 1.54) is 0 Å². The molecule has 4 heteroatoms. The minimum atomic E-state index is -0.306. The maximum absolute atomic E-state index is 12.6. The van der Waals surface area contributed by atoms with Gasteiger partial charge in [-0.15, -0.1) is 0 Å². The van der Waals surface area contributed by atoms with E-state index in [1.807, 2.05) is 30.3 Å². The first-order chi connectivity index (χ1) is 10.7. The van der Waals surface area contributed by atoms with Gasteiger partial charge in [-0.3, -0.25) is 4.79 Å². The van der Waals surface area contributed by atoms with Gasteiger partial charge < -0.3 is 4.98 Å². The van der Waals surface area contributed by atoms with Crippen LogP contribution in [0.3, 0.4) is 0 Å². The molecule has 0 radical (unpaired) electrons. The molecule has 1 N–H and O–H groups in total. The Morgan fingerprint density at radius 3 is 2.77 bits per heavy atom. The maximum Gasteiger partial charge on any atom is 0.205 e. The number of nitrogens with one attached hydrogen (secondary N) is 1. The van der Waals surface area contributed by atoms with Crippen molar-refractivity contribution in [2.24, 2.45) is 0 Å². The number of halogens is 1. The van der Waals surface area contributed by atoms with E-state index in [0.717, 1.165) is 16.5 Å². The lowest BCUT2D eigenvalue weighted by Crippen LogP contribution is -2.01. The van der Waals surface area contributed by atoms with E-state index >= 15 is 0 Å². The minimum Gasteiger partial charge on any atom is -0.360 e. The first-order valence-electron chi connectivity index (χ1n) is 6.67. The summed E-state index contributed by atoms with van der Waals surface area (Å²) in [6.07, 6.45) is 3.19. The normalized spacial score (nSPS) is 11.4. The predicted octanol–water partition coefficient (Wildman–Crippen LogP) is 4.61. The number of nitriles is 1. The van der Waals surface area contributed by atoms with Crippen molar-refractivity contribution in [1.82, 2.24) is 4.98 Å². The number of hydrogen-bond acceptors (Lipinski definition) is 2. The summed E-state index contributed by atoms with van der Waals surface area (Å²) in [4.78, 5) is 15.6. The van der Waals surface area contributed by atoms with Crippen LogP contribution < -0.4 is 0 Å². The Hall–Kier alpha value is -2.83. The first-order valence-corrected chi connectivity index (χ1v) is 7.05. The number of nitrogens with zero attached hydrogens (tertiary/aromatic N) is 1. The molecule has 3 rings (SSSR count). The number of benzene rings is 2. The van der Waals surface area contributed by atoms with Crippen LogP contribution in [-0.4, -0.2) is 10.8 Å². The van der Waals surface area contributed by atoms with Crippen LogP contribution in [0.15, 0.2) is 60.3 Å². The summed E-state index contributed by atoms with van der Waals surface area (Å²) in [5.41, 5.74) is 2.15. The van der Waals surface area contributed by atoms with Crippen LogP contribution in [0, 0.1) is 11.3 Å². The molecular weight excluding hydrogens is 296 g/mol. The molecule has 0 atom stereocenters. The molecule has 0 aliphatic carbocycles. The molecule has 3 nitrogen and oxygen atoms in total. The van der Waals surface area contributed by atoms with Crippen LogP contribution in [0.4, 0.5) is 0 Å². The third-order valence-corrected chi connectivity index (χ3v) is 3.59. The zero-order valence-corrected chi connectivity index (χ0v) is 12.3. The molecule has 3 aromatic rings. The molecule has 0 aliphatic rings. The Morgan fingerprint density at radius 1 is 1.18 bits per heavy atom. The van der Waals surface area contributed by atoms with Crippen LogP contribution in [0.25, 0.3) is 17.0 Å². The highest BCUT2D eigenvalue weighted by molar-refractivity contribution is 6.30. The van der Waals surface area contributed by atoms with Gasteiger partial charge in [0.25, 0.3) is 0 Å².